The van der Waals surface area contributed by atoms with Crippen LogP contribution in [0.1, 0.15) is 5.82 Å². The zero-order chi connectivity index (χ0) is 14.9. The first-order valence-electron chi connectivity index (χ1n) is 7.53. The van der Waals surface area contributed by atoms with Crippen molar-refractivity contribution in [1.82, 2.24) is 29.4 Å². The summed E-state index contributed by atoms with van der Waals surface area (Å²) in [6.45, 7) is 4.88. The van der Waals surface area contributed by atoms with Crippen molar-refractivity contribution in [3.63, 3.8) is 0 Å². The van der Waals surface area contributed by atoms with Crippen LogP contribution in [0, 0.1) is 0 Å². The largest absolute Gasteiger partial charge is 0.353 e. The molecule has 114 valence electrons. The molecule has 3 aromatic rings. The Morgan fingerprint density at radius 3 is 2.77 bits per heavy atom. The molecule has 0 aliphatic carbocycles. The molecule has 4 heterocycles. The third kappa shape index (κ3) is 2.33. The summed E-state index contributed by atoms with van der Waals surface area (Å²) in [5, 5.41) is 1.10. The average Bonchev–Trinajstić information content (AvgIpc) is 3.17. The second-order valence-corrected chi connectivity index (χ2v) is 5.65. The number of fused-ring (bicyclic) bond motifs is 1. The van der Waals surface area contributed by atoms with Gasteiger partial charge < -0.3 is 14.5 Å². The Morgan fingerprint density at radius 2 is 2.00 bits per heavy atom. The van der Waals surface area contributed by atoms with E-state index in [1.165, 1.54) is 0 Å². The lowest BCUT2D eigenvalue weighted by atomic mass is 10.2. The predicted octanol–water partition coefficient (Wildman–Crippen LogP) is 1.01. The van der Waals surface area contributed by atoms with Crippen LogP contribution in [-0.4, -0.2) is 55.6 Å². The highest BCUT2D eigenvalue weighted by Crippen LogP contribution is 2.23. The lowest BCUT2D eigenvalue weighted by Gasteiger charge is -2.35. The van der Waals surface area contributed by atoms with Gasteiger partial charge in [0.1, 0.15) is 23.6 Å². The van der Waals surface area contributed by atoms with Crippen molar-refractivity contribution >= 4 is 16.9 Å². The number of piperazine rings is 1. The smallest absolute Gasteiger partial charge is 0.142 e. The number of hydrogen-bond acceptors (Lipinski definition) is 5. The molecular formula is C15H19N7. The maximum Gasteiger partial charge on any atom is 0.142 e. The highest BCUT2D eigenvalue weighted by Gasteiger charge is 2.20. The topological polar surface area (TPSA) is 65.9 Å². The molecule has 0 atom stereocenters. The normalized spacial score (nSPS) is 16.5. The number of H-pyrrole nitrogens is 1. The molecule has 0 amide bonds. The molecule has 1 N–H and O–H groups in total. The summed E-state index contributed by atoms with van der Waals surface area (Å²) >= 11 is 0. The fraction of sp³-hybridized carbons (Fsp3) is 0.400. The summed E-state index contributed by atoms with van der Waals surface area (Å²) < 4.78 is 2.08. The number of aromatic amines is 1. The summed E-state index contributed by atoms with van der Waals surface area (Å²) in [4.78, 5) is 21.1. The summed E-state index contributed by atoms with van der Waals surface area (Å²) in [5.74, 6) is 2.14. The highest BCUT2D eigenvalue weighted by molar-refractivity contribution is 5.87. The molecule has 0 radical (unpaired) electrons. The molecule has 3 aromatic heterocycles. The number of nitrogens with one attached hydrogen (secondary N) is 1. The molecule has 4 rings (SSSR count). The zero-order valence-corrected chi connectivity index (χ0v) is 12.6. The van der Waals surface area contributed by atoms with Crippen molar-refractivity contribution in [3.05, 3.63) is 36.8 Å². The molecule has 0 unspecified atom stereocenters. The van der Waals surface area contributed by atoms with E-state index in [-0.39, 0.29) is 0 Å². The van der Waals surface area contributed by atoms with Crippen LogP contribution < -0.4 is 4.90 Å². The monoisotopic (exact) mass is 297 g/mol. The third-order valence-electron chi connectivity index (χ3n) is 4.29. The van der Waals surface area contributed by atoms with Gasteiger partial charge in [0.15, 0.2) is 0 Å². The van der Waals surface area contributed by atoms with Crippen molar-refractivity contribution in [2.24, 2.45) is 7.05 Å². The molecule has 1 fully saturated rings. The fourth-order valence-electron chi connectivity index (χ4n) is 2.98. The Morgan fingerprint density at radius 1 is 1.14 bits per heavy atom. The minimum absolute atomic E-state index is 0.903. The number of hydrogen-bond donors (Lipinski definition) is 1. The van der Waals surface area contributed by atoms with Gasteiger partial charge in [-0.1, -0.05) is 0 Å². The van der Waals surface area contributed by atoms with Crippen LogP contribution in [0.15, 0.2) is 31.0 Å². The molecule has 1 saturated heterocycles. The van der Waals surface area contributed by atoms with Gasteiger partial charge in [-0.3, -0.25) is 4.90 Å². The van der Waals surface area contributed by atoms with E-state index < -0.39 is 0 Å². The number of aryl methyl sites for hydroxylation is 1. The minimum Gasteiger partial charge on any atom is -0.353 e. The molecule has 0 spiro atoms. The maximum atomic E-state index is 4.48. The van der Waals surface area contributed by atoms with Crippen molar-refractivity contribution in [2.75, 3.05) is 31.1 Å². The van der Waals surface area contributed by atoms with Gasteiger partial charge in [-0.15, -0.1) is 0 Å². The van der Waals surface area contributed by atoms with Gasteiger partial charge in [-0.25, -0.2) is 15.0 Å². The lowest BCUT2D eigenvalue weighted by Crippen LogP contribution is -2.46. The fourth-order valence-corrected chi connectivity index (χ4v) is 2.98. The molecule has 7 heteroatoms. The summed E-state index contributed by atoms with van der Waals surface area (Å²) in [6.07, 6.45) is 7.40. The Bertz CT molecular complexity index is 767. The number of imidazole rings is 1. The van der Waals surface area contributed by atoms with Crippen LogP contribution in [0.5, 0.6) is 0 Å². The van der Waals surface area contributed by atoms with E-state index >= 15 is 0 Å². The van der Waals surface area contributed by atoms with Gasteiger partial charge in [0.2, 0.25) is 0 Å². The van der Waals surface area contributed by atoms with Gasteiger partial charge in [-0.2, -0.15) is 0 Å². The lowest BCUT2D eigenvalue weighted by molar-refractivity contribution is 0.241. The van der Waals surface area contributed by atoms with Crippen molar-refractivity contribution in [3.8, 4) is 0 Å². The van der Waals surface area contributed by atoms with Gasteiger partial charge in [0.05, 0.1) is 11.9 Å². The van der Waals surface area contributed by atoms with Crippen molar-refractivity contribution in [2.45, 2.75) is 6.54 Å². The maximum absolute atomic E-state index is 4.48. The number of rotatable bonds is 3. The molecule has 7 nitrogen and oxygen atoms in total. The van der Waals surface area contributed by atoms with Gasteiger partial charge in [0, 0.05) is 51.8 Å². The van der Waals surface area contributed by atoms with Crippen molar-refractivity contribution in [1.29, 1.82) is 0 Å². The molecule has 1 aliphatic rings. The van der Waals surface area contributed by atoms with Crippen LogP contribution in [0.25, 0.3) is 11.0 Å². The van der Waals surface area contributed by atoms with Crippen LogP contribution >= 0.6 is 0 Å². The van der Waals surface area contributed by atoms with E-state index in [2.05, 4.69) is 34.3 Å². The first-order valence-corrected chi connectivity index (χ1v) is 7.53. The number of nitrogens with zero attached hydrogens (tertiary/aromatic N) is 6. The van der Waals surface area contributed by atoms with Crippen LogP contribution in [-0.2, 0) is 13.6 Å². The quantitative estimate of drug-likeness (QED) is 0.781. The predicted molar refractivity (Wildman–Crippen MR) is 84.6 cm³/mol. The summed E-state index contributed by atoms with van der Waals surface area (Å²) in [6, 6.07) is 2.05. The molecule has 1 aliphatic heterocycles. The highest BCUT2D eigenvalue weighted by atomic mass is 15.3. The molecule has 0 bridgehead atoms. The molecule has 22 heavy (non-hydrogen) atoms. The first-order chi connectivity index (χ1) is 10.8. The molecule has 0 aromatic carbocycles. The third-order valence-corrected chi connectivity index (χ3v) is 4.29. The standard InChI is InChI=1S/C15H19N7/c1-20-5-4-16-13(20)10-21-6-8-22(9-7-21)15-12-2-3-17-14(12)18-11-19-15/h2-5,11H,6-10H2,1H3,(H,17,18,19). The Kier molecular flexibility index (Phi) is 3.27. The second-order valence-electron chi connectivity index (χ2n) is 5.65. The van der Waals surface area contributed by atoms with Crippen LogP contribution in [0.4, 0.5) is 5.82 Å². The van der Waals surface area contributed by atoms with Crippen LogP contribution in [0.2, 0.25) is 0 Å². The van der Waals surface area contributed by atoms with E-state index in [1.807, 2.05) is 31.7 Å². The van der Waals surface area contributed by atoms with Crippen molar-refractivity contribution < 1.29 is 0 Å². The first kappa shape index (κ1) is 13.3. The molecule has 0 saturated carbocycles. The van der Waals surface area contributed by atoms with E-state index in [9.17, 15) is 0 Å². The van der Waals surface area contributed by atoms with E-state index in [4.69, 9.17) is 0 Å². The van der Waals surface area contributed by atoms with E-state index in [1.54, 1.807) is 6.33 Å². The van der Waals surface area contributed by atoms with Gasteiger partial charge in [-0.05, 0) is 6.07 Å². The summed E-state index contributed by atoms with van der Waals surface area (Å²) in [7, 11) is 2.04. The minimum atomic E-state index is 0.903. The Balaban J connectivity index is 1.46. The van der Waals surface area contributed by atoms with E-state index in [0.29, 0.717) is 0 Å². The van der Waals surface area contributed by atoms with E-state index in [0.717, 1.165) is 55.4 Å². The number of aromatic nitrogens is 5. The summed E-state index contributed by atoms with van der Waals surface area (Å²) in [5.41, 5.74) is 0.903. The second kappa shape index (κ2) is 5.42. The van der Waals surface area contributed by atoms with Gasteiger partial charge >= 0.3 is 0 Å². The number of anilines is 1. The van der Waals surface area contributed by atoms with Gasteiger partial charge in [0.25, 0.3) is 0 Å². The zero-order valence-electron chi connectivity index (χ0n) is 12.6. The Labute approximate surface area is 128 Å². The average molecular weight is 297 g/mol. The SMILES string of the molecule is Cn1ccnc1CN1CCN(c2ncnc3[nH]ccc23)CC1. The Hall–Kier alpha value is -2.41. The molecular weight excluding hydrogens is 278 g/mol. The van der Waals surface area contributed by atoms with Crippen LogP contribution in [0.3, 0.4) is 0 Å².